The molecule has 5 N–H and O–H groups in total. The molecule has 0 aliphatic carbocycles. The van der Waals surface area contributed by atoms with Gasteiger partial charge in [0.15, 0.2) is 5.84 Å². The summed E-state index contributed by atoms with van der Waals surface area (Å²) in [4.78, 5) is 11.9. The molecule has 0 saturated heterocycles. The number of rotatable bonds is 4. The number of phenolic OH excluding ortho intramolecular Hbond substituents is 1. The molecule has 0 aliphatic rings. The van der Waals surface area contributed by atoms with Crippen molar-refractivity contribution in [3.63, 3.8) is 0 Å². The molecular formula is C12H16FN3O3. The first-order valence-electron chi connectivity index (χ1n) is 5.63. The number of carbonyl (C=O) groups excluding carboxylic acids is 1. The molecular weight excluding hydrogens is 253 g/mol. The van der Waals surface area contributed by atoms with E-state index in [0.717, 1.165) is 12.1 Å². The average Bonchev–Trinajstić information content (AvgIpc) is 2.34. The van der Waals surface area contributed by atoms with E-state index in [0.29, 0.717) is 0 Å². The molecule has 0 heterocycles. The van der Waals surface area contributed by atoms with Crippen molar-refractivity contribution in [3.05, 3.63) is 29.6 Å². The lowest BCUT2D eigenvalue weighted by Gasteiger charge is -2.21. The van der Waals surface area contributed by atoms with E-state index >= 15 is 0 Å². The van der Waals surface area contributed by atoms with Crippen LogP contribution < -0.4 is 11.1 Å². The number of nitrogens with one attached hydrogen (secondary N) is 1. The standard InChI is InChI=1S/C12H16FN3O3/c1-6(2)10(11(14)16-19)15-12(18)8-4-3-7(17)5-9(8)13/h3-6,10,17,19H,1-2H3,(H2,14,16)(H,15,18). The molecule has 1 rings (SSSR count). The molecule has 0 fully saturated rings. The molecule has 1 atom stereocenters. The van der Waals surface area contributed by atoms with Crippen LogP contribution in [0.1, 0.15) is 24.2 Å². The summed E-state index contributed by atoms with van der Waals surface area (Å²) in [6.07, 6.45) is 0. The Labute approximate surface area is 109 Å². The molecule has 1 amide bonds. The molecule has 0 aliphatic heterocycles. The van der Waals surface area contributed by atoms with Crippen LogP contribution >= 0.6 is 0 Å². The van der Waals surface area contributed by atoms with Gasteiger partial charge in [-0.3, -0.25) is 4.79 Å². The fraction of sp³-hybridized carbons (Fsp3) is 0.333. The monoisotopic (exact) mass is 269 g/mol. The summed E-state index contributed by atoms with van der Waals surface area (Å²) >= 11 is 0. The fourth-order valence-electron chi connectivity index (χ4n) is 1.55. The van der Waals surface area contributed by atoms with Gasteiger partial charge < -0.3 is 21.4 Å². The van der Waals surface area contributed by atoms with Crippen molar-refractivity contribution < 1.29 is 19.5 Å². The van der Waals surface area contributed by atoms with Crippen LogP contribution in [0.2, 0.25) is 0 Å². The number of amides is 1. The van der Waals surface area contributed by atoms with Crippen molar-refractivity contribution in [2.75, 3.05) is 0 Å². The topological polar surface area (TPSA) is 108 Å². The van der Waals surface area contributed by atoms with E-state index < -0.39 is 17.8 Å². The number of aromatic hydroxyl groups is 1. The van der Waals surface area contributed by atoms with Gasteiger partial charge >= 0.3 is 0 Å². The minimum atomic E-state index is -0.848. The minimum absolute atomic E-state index is 0.139. The Kier molecular flexibility index (Phi) is 4.68. The number of nitrogens with zero attached hydrogens (tertiary/aromatic N) is 1. The lowest BCUT2D eigenvalue weighted by molar-refractivity contribution is 0.0934. The molecule has 1 aromatic carbocycles. The maximum absolute atomic E-state index is 13.5. The van der Waals surface area contributed by atoms with Crippen molar-refractivity contribution in [2.45, 2.75) is 19.9 Å². The summed E-state index contributed by atoms with van der Waals surface area (Å²) in [6.45, 7) is 3.52. The first-order chi connectivity index (χ1) is 8.86. The number of hydrogen-bond donors (Lipinski definition) is 4. The van der Waals surface area contributed by atoms with Gasteiger partial charge in [0, 0.05) is 6.07 Å². The van der Waals surface area contributed by atoms with Gasteiger partial charge in [-0.05, 0) is 18.1 Å². The molecule has 6 nitrogen and oxygen atoms in total. The zero-order valence-corrected chi connectivity index (χ0v) is 10.6. The van der Waals surface area contributed by atoms with Gasteiger partial charge in [-0.2, -0.15) is 0 Å². The first-order valence-corrected chi connectivity index (χ1v) is 5.63. The van der Waals surface area contributed by atoms with Crippen molar-refractivity contribution >= 4 is 11.7 Å². The van der Waals surface area contributed by atoms with Crippen LogP contribution in [-0.2, 0) is 0 Å². The second-order valence-electron chi connectivity index (χ2n) is 4.38. The van der Waals surface area contributed by atoms with Crippen LogP contribution in [0.25, 0.3) is 0 Å². The molecule has 0 aromatic heterocycles. The van der Waals surface area contributed by atoms with Crippen molar-refractivity contribution in [1.82, 2.24) is 5.32 Å². The average molecular weight is 269 g/mol. The lowest BCUT2D eigenvalue weighted by atomic mass is 10.0. The number of phenols is 1. The third-order valence-electron chi connectivity index (χ3n) is 2.58. The summed E-state index contributed by atoms with van der Waals surface area (Å²) in [7, 11) is 0. The normalized spacial score (nSPS) is 13.4. The molecule has 0 saturated carbocycles. The molecule has 19 heavy (non-hydrogen) atoms. The van der Waals surface area contributed by atoms with Crippen LogP contribution in [0.3, 0.4) is 0 Å². The Bertz CT molecular complexity index is 503. The maximum Gasteiger partial charge on any atom is 0.254 e. The molecule has 0 radical (unpaired) electrons. The van der Waals surface area contributed by atoms with E-state index in [2.05, 4.69) is 10.5 Å². The molecule has 7 heteroatoms. The van der Waals surface area contributed by atoms with Crippen molar-refractivity contribution in [1.29, 1.82) is 0 Å². The molecule has 104 valence electrons. The van der Waals surface area contributed by atoms with Gasteiger partial charge in [0.25, 0.3) is 5.91 Å². The number of hydrogen-bond acceptors (Lipinski definition) is 4. The Morgan fingerprint density at radius 1 is 1.47 bits per heavy atom. The van der Waals surface area contributed by atoms with Gasteiger partial charge in [0.05, 0.1) is 11.6 Å². The maximum atomic E-state index is 13.5. The zero-order chi connectivity index (χ0) is 14.6. The van der Waals surface area contributed by atoms with E-state index in [4.69, 9.17) is 16.0 Å². The number of amidine groups is 1. The third kappa shape index (κ3) is 3.57. The molecule has 1 unspecified atom stereocenters. The largest absolute Gasteiger partial charge is 0.508 e. The van der Waals surface area contributed by atoms with E-state index in [1.807, 2.05) is 0 Å². The number of benzene rings is 1. The molecule has 0 spiro atoms. The first kappa shape index (κ1) is 14.7. The fourth-order valence-corrected chi connectivity index (χ4v) is 1.55. The zero-order valence-electron chi connectivity index (χ0n) is 10.6. The molecule has 1 aromatic rings. The van der Waals surface area contributed by atoms with Gasteiger partial charge in [0.1, 0.15) is 11.6 Å². The second-order valence-corrected chi connectivity index (χ2v) is 4.38. The lowest BCUT2D eigenvalue weighted by Crippen LogP contribution is -2.48. The van der Waals surface area contributed by atoms with Gasteiger partial charge in [-0.1, -0.05) is 19.0 Å². The molecule has 0 bridgehead atoms. The summed E-state index contributed by atoms with van der Waals surface area (Å²) in [5.74, 6) is -2.13. The number of halogens is 1. The Morgan fingerprint density at radius 3 is 2.58 bits per heavy atom. The highest BCUT2D eigenvalue weighted by Crippen LogP contribution is 2.15. The summed E-state index contributed by atoms with van der Waals surface area (Å²) < 4.78 is 13.5. The van der Waals surface area contributed by atoms with Gasteiger partial charge in [0.2, 0.25) is 0 Å². The Balaban J connectivity index is 2.94. The van der Waals surface area contributed by atoms with Crippen molar-refractivity contribution in [2.24, 2.45) is 16.8 Å². The van der Waals surface area contributed by atoms with E-state index in [9.17, 15) is 9.18 Å². The summed E-state index contributed by atoms with van der Waals surface area (Å²) in [5, 5.41) is 23.0. The van der Waals surface area contributed by atoms with E-state index in [1.54, 1.807) is 13.8 Å². The SMILES string of the molecule is CC(C)C(NC(=O)c1ccc(O)cc1F)/C(N)=N/O. The van der Waals surface area contributed by atoms with Gasteiger partial charge in [-0.15, -0.1) is 0 Å². The highest BCUT2D eigenvalue weighted by Gasteiger charge is 2.22. The van der Waals surface area contributed by atoms with Crippen LogP contribution in [0.5, 0.6) is 5.75 Å². The van der Waals surface area contributed by atoms with Crippen molar-refractivity contribution in [3.8, 4) is 5.75 Å². The Morgan fingerprint density at radius 2 is 2.11 bits per heavy atom. The summed E-state index contributed by atoms with van der Waals surface area (Å²) in [5.41, 5.74) is 5.23. The summed E-state index contributed by atoms with van der Waals surface area (Å²) in [6, 6.07) is 2.48. The number of nitrogens with two attached hydrogens (primary N) is 1. The number of oxime groups is 1. The van der Waals surface area contributed by atoms with Crippen LogP contribution in [-0.4, -0.2) is 28.1 Å². The third-order valence-corrected chi connectivity index (χ3v) is 2.58. The van der Waals surface area contributed by atoms with Crippen LogP contribution in [0, 0.1) is 11.7 Å². The highest BCUT2D eigenvalue weighted by atomic mass is 19.1. The van der Waals surface area contributed by atoms with Crippen LogP contribution in [0.4, 0.5) is 4.39 Å². The highest BCUT2D eigenvalue weighted by molar-refractivity contribution is 5.98. The van der Waals surface area contributed by atoms with Crippen LogP contribution in [0.15, 0.2) is 23.4 Å². The second kappa shape index (κ2) is 6.03. The minimum Gasteiger partial charge on any atom is -0.508 e. The quantitative estimate of drug-likeness (QED) is 0.283. The Hall–Kier alpha value is -2.31. The van der Waals surface area contributed by atoms with E-state index in [1.165, 1.54) is 6.07 Å². The number of carbonyl (C=O) groups is 1. The van der Waals surface area contributed by atoms with Gasteiger partial charge in [-0.25, -0.2) is 4.39 Å². The smallest absolute Gasteiger partial charge is 0.254 e. The predicted octanol–water partition coefficient (Wildman–Crippen LogP) is 1.03. The predicted molar refractivity (Wildman–Crippen MR) is 67.6 cm³/mol. The van der Waals surface area contributed by atoms with E-state index in [-0.39, 0.29) is 23.1 Å².